The first-order valence-electron chi connectivity index (χ1n) is 10.3. The molecule has 2 aromatic heterocycles. The lowest BCUT2D eigenvalue weighted by atomic mass is 10.0. The molecule has 2 N–H and O–H groups in total. The van der Waals surface area contributed by atoms with Gasteiger partial charge in [0.25, 0.3) is 0 Å². The Bertz CT molecular complexity index is 1270. The van der Waals surface area contributed by atoms with Crippen LogP contribution in [0.25, 0.3) is 21.9 Å². The third-order valence-corrected chi connectivity index (χ3v) is 6.07. The van der Waals surface area contributed by atoms with Crippen LogP contribution in [0, 0.1) is 11.6 Å². The lowest BCUT2D eigenvalue weighted by Crippen LogP contribution is -2.50. The monoisotopic (exact) mass is 425 g/mol. The molecule has 3 atom stereocenters. The molecule has 0 spiro atoms. The summed E-state index contributed by atoms with van der Waals surface area (Å²) in [4.78, 5) is 11.0. The maximum absolute atomic E-state index is 14.2. The number of nitrogens with two attached hydrogens (primary N) is 1. The molecule has 1 fully saturated rings. The van der Waals surface area contributed by atoms with Gasteiger partial charge in [0, 0.05) is 42.4 Å². The van der Waals surface area contributed by atoms with Crippen LogP contribution >= 0.6 is 0 Å². The molecular weight excluding hydrogens is 403 g/mol. The van der Waals surface area contributed by atoms with Crippen molar-refractivity contribution in [1.82, 2.24) is 14.5 Å². The van der Waals surface area contributed by atoms with Gasteiger partial charge in [0.1, 0.15) is 6.17 Å². The van der Waals surface area contributed by atoms with Gasteiger partial charge in [-0.15, -0.1) is 0 Å². The molecule has 0 radical (unpaired) electrons. The van der Waals surface area contributed by atoms with Gasteiger partial charge in [-0.2, -0.15) is 0 Å². The van der Waals surface area contributed by atoms with E-state index in [1.54, 1.807) is 6.20 Å². The summed E-state index contributed by atoms with van der Waals surface area (Å²) in [6, 6.07) is 11.1. The summed E-state index contributed by atoms with van der Waals surface area (Å²) in [7, 11) is 0. The van der Waals surface area contributed by atoms with Crippen molar-refractivity contribution in [3.05, 3.63) is 65.9 Å². The number of rotatable bonds is 3. The van der Waals surface area contributed by atoms with Crippen LogP contribution in [-0.2, 0) is 0 Å². The number of anilines is 1. The zero-order valence-electron chi connectivity index (χ0n) is 17.0. The quantitative estimate of drug-likeness (QED) is 0.530. The number of halogens is 3. The molecule has 0 bridgehead atoms. The van der Waals surface area contributed by atoms with Crippen LogP contribution in [0.1, 0.15) is 24.9 Å². The van der Waals surface area contributed by atoms with Gasteiger partial charge >= 0.3 is 0 Å². The first-order chi connectivity index (χ1) is 14.9. The molecule has 1 aliphatic rings. The Hall–Kier alpha value is -3.13. The van der Waals surface area contributed by atoms with Crippen LogP contribution in [0.4, 0.5) is 19.1 Å². The standard InChI is InChI=1S/C23H22F3N5/c1-13(15-6-2-4-14-5-3-8-28-22(14)15)31-21-11-18(26)17(25)10-20(21)29-23(31)30-9-7-16(24)19(27)12-30/h2-6,8,10-11,13,16,19H,7,9,12,27H2,1H3/t13?,16?,19-/m1/s1. The minimum Gasteiger partial charge on any atom is -0.340 e. The highest BCUT2D eigenvalue weighted by molar-refractivity contribution is 5.84. The molecule has 5 nitrogen and oxygen atoms in total. The number of imidazole rings is 1. The van der Waals surface area contributed by atoms with E-state index in [9.17, 15) is 13.2 Å². The number of pyridine rings is 1. The number of benzene rings is 2. The number of piperidine rings is 1. The number of fused-ring (bicyclic) bond motifs is 2. The maximum Gasteiger partial charge on any atom is 0.207 e. The van der Waals surface area contributed by atoms with Gasteiger partial charge in [-0.1, -0.05) is 24.3 Å². The molecule has 2 aromatic carbocycles. The number of alkyl halides is 1. The predicted octanol–water partition coefficient (Wildman–Crippen LogP) is 4.35. The minimum absolute atomic E-state index is 0.274. The minimum atomic E-state index is -1.08. The van der Waals surface area contributed by atoms with Crippen LogP contribution in [-0.4, -0.2) is 39.8 Å². The van der Waals surface area contributed by atoms with Gasteiger partial charge in [-0.25, -0.2) is 18.2 Å². The Balaban J connectivity index is 1.71. The van der Waals surface area contributed by atoms with Crippen molar-refractivity contribution < 1.29 is 13.2 Å². The van der Waals surface area contributed by atoms with Crippen LogP contribution < -0.4 is 10.6 Å². The topological polar surface area (TPSA) is 60.0 Å². The SMILES string of the molecule is CC(c1cccc2cccnc12)n1c(N2CCC(F)[C@H](N)C2)nc2cc(F)c(F)cc21. The Labute approximate surface area is 177 Å². The van der Waals surface area contributed by atoms with E-state index in [0.717, 1.165) is 28.6 Å². The van der Waals surface area contributed by atoms with Crippen LogP contribution in [0.3, 0.4) is 0 Å². The van der Waals surface area contributed by atoms with E-state index < -0.39 is 23.8 Å². The van der Waals surface area contributed by atoms with Crippen LogP contribution in [0.5, 0.6) is 0 Å². The molecular formula is C23H22F3N5. The van der Waals surface area contributed by atoms with Gasteiger partial charge < -0.3 is 15.2 Å². The van der Waals surface area contributed by atoms with Crippen molar-refractivity contribution in [2.45, 2.75) is 31.6 Å². The first kappa shape index (κ1) is 19.8. The van der Waals surface area contributed by atoms with Crippen molar-refractivity contribution in [3.63, 3.8) is 0 Å². The average Bonchev–Trinajstić information content (AvgIpc) is 3.13. The number of para-hydroxylation sites is 1. The fraction of sp³-hybridized carbons (Fsp3) is 0.304. The zero-order valence-corrected chi connectivity index (χ0v) is 17.0. The molecule has 5 rings (SSSR count). The predicted molar refractivity (Wildman–Crippen MR) is 115 cm³/mol. The second kappa shape index (κ2) is 7.53. The van der Waals surface area contributed by atoms with E-state index in [1.807, 2.05) is 46.7 Å². The molecule has 1 saturated heterocycles. The van der Waals surface area contributed by atoms with Gasteiger partial charge in [0.2, 0.25) is 5.95 Å². The van der Waals surface area contributed by atoms with E-state index in [1.165, 1.54) is 0 Å². The highest BCUT2D eigenvalue weighted by Crippen LogP contribution is 2.35. The molecule has 3 heterocycles. The molecule has 2 unspecified atom stereocenters. The third-order valence-electron chi connectivity index (χ3n) is 6.07. The zero-order chi connectivity index (χ0) is 21.7. The van der Waals surface area contributed by atoms with E-state index >= 15 is 0 Å². The molecule has 31 heavy (non-hydrogen) atoms. The lowest BCUT2D eigenvalue weighted by Gasteiger charge is -2.35. The molecule has 8 heteroatoms. The van der Waals surface area contributed by atoms with Gasteiger partial charge in [-0.3, -0.25) is 4.98 Å². The van der Waals surface area contributed by atoms with Gasteiger partial charge in [0.15, 0.2) is 11.6 Å². The molecule has 0 saturated carbocycles. The van der Waals surface area contributed by atoms with Crippen molar-refractivity contribution in [3.8, 4) is 0 Å². The van der Waals surface area contributed by atoms with Crippen molar-refractivity contribution in [2.24, 2.45) is 5.73 Å². The molecule has 4 aromatic rings. The van der Waals surface area contributed by atoms with Gasteiger partial charge in [0.05, 0.1) is 28.6 Å². The van der Waals surface area contributed by atoms with Crippen molar-refractivity contribution in [1.29, 1.82) is 0 Å². The molecule has 160 valence electrons. The normalized spacial score (nSPS) is 20.5. The Morgan fingerprint density at radius 3 is 2.71 bits per heavy atom. The van der Waals surface area contributed by atoms with Crippen LogP contribution in [0.15, 0.2) is 48.7 Å². The summed E-state index contributed by atoms with van der Waals surface area (Å²) in [5.74, 6) is -1.38. The number of hydrogen-bond acceptors (Lipinski definition) is 4. The molecule has 0 aliphatic carbocycles. The second-order valence-corrected chi connectivity index (χ2v) is 8.05. The smallest absolute Gasteiger partial charge is 0.207 e. The molecule has 1 aliphatic heterocycles. The van der Waals surface area contributed by atoms with Crippen LogP contribution in [0.2, 0.25) is 0 Å². The number of aromatic nitrogens is 3. The Morgan fingerprint density at radius 1 is 1.13 bits per heavy atom. The highest BCUT2D eigenvalue weighted by Gasteiger charge is 2.31. The molecule has 0 amide bonds. The Kier molecular flexibility index (Phi) is 4.81. The lowest BCUT2D eigenvalue weighted by molar-refractivity contribution is 0.243. The summed E-state index contributed by atoms with van der Waals surface area (Å²) >= 11 is 0. The Morgan fingerprint density at radius 2 is 1.90 bits per heavy atom. The summed E-state index contributed by atoms with van der Waals surface area (Å²) in [5, 5.41) is 0.982. The van der Waals surface area contributed by atoms with Crippen molar-refractivity contribution in [2.75, 3.05) is 18.0 Å². The second-order valence-electron chi connectivity index (χ2n) is 8.05. The average molecular weight is 425 g/mol. The summed E-state index contributed by atoms with van der Waals surface area (Å²) in [5.41, 5.74) is 8.53. The largest absolute Gasteiger partial charge is 0.340 e. The summed E-state index contributed by atoms with van der Waals surface area (Å²) in [6.07, 6.45) is 0.923. The van der Waals surface area contributed by atoms with Crippen molar-refractivity contribution >= 4 is 27.9 Å². The fourth-order valence-corrected chi connectivity index (χ4v) is 4.42. The summed E-state index contributed by atoms with van der Waals surface area (Å²) < 4.78 is 44.0. The van der Waals surface area contributed by atoms with E-state index in [-0.39, 0.29) is 19.0 Å². The number of hydrogen-bond donors (Lipinski definition) is 1. The highest BCUT2D eigenvalue weighted by atomic mass is 19.2. The fourth-order valence-electron chi connectivity index (χ4n) is 4.42. The van der Waals surface area contributed by atoms with E-state index in [2.05, 4.69) is 9.97 Å². The van der Waals surface area contributed by atoms with E-state index in [0.29, 0.717) is 23.5 Å². The number of nitrogens with zero attached hydrogens (tertiary/aromatic N) is 4. The van der Waals surface area contributed by atoms with E-state index in [4.69, 9.17) is 5.73 Å². The third kappa shape index (κ3) is 3.31. The summed E-state index contributed by atoms with van der Waals surface area (Å²) in [6.45, 7) is 2.66. The van der Waals surface area contributed by atoms with Gasteiger partial charge in [-0.05, 0) is 19.4 Å². The maximum atomic E-state index is 14.2. The first-order valence-corrected chi connectivity index (χ1v) is 10.3.